The molecule has 0 aliphatic carbocycles. The van der Waals surface area contributed by atoms with Gasteiger partial charge in [0.05, 0.1) is 17.7 Å². The fraction of sp³-hybridized carbons (Fsp3) is 0.467. The Morgan fingerprint density at radius 1 is 1.45 bits per heavy atom. The van der Waals surface area contributed by atoms with Gasteiger partial charge in [0.2, 0.25) is 0 Å². The highest BCUT2D eigenvalue weighted by molar-refractivity contribution is 7.19. The van der Waals surface area contributed by atoms with E-state index >= 15 is 0 Å². The van der Waals surface area contributed by atoms with Crippen LogP contribution in [0.2, 0.25) is 5.02 Å². The SMILES string of the molecule is CNCC1CN(Cc2sc3ccccc3c2Cl)CCO1. The Kier molecular flexibility index (Phi) is 4.58. The molecule has 1 N–H and O–H groups in total. The summed E-state index contributed by atoms with van der Waals surface area (Å²) in [5, 5.41) is 5.27. The van der Waals surface area contributed by atoms with Crippen LogP contribution in [-0.4, -0.2) is 44.3 Å². The first kappa shape index (κ1) is 14.3. The van der Waals surface area contributed by atoms with E-state index in [9.17, 15) is 0 Å². The van der Waals surface area contributed by atoms with Gasteiger partial charge >= 0.3 is 0 Å². The number of ether oxygens (including phenoxy) is 1. The maximum Gasteiger partial charge on any atom is 0.0826 e. The van der Waals surface area contributed by atoms with Crippen LogP contribution in [0.5, 0.6) is 0 Å². The average molecular weight is 311 g/mol. The van der Waals surface area contributed by atoms with Crippen molar-refractivity contribution in [1.82, 2.24) is 10.2 Å². The summed E-state index contributed by atoms with van der Waals surface area (Å²) in [4.78, 5) is 3.69. The zero-order valence-corrected chi connectivity index (χ0v) is 13.1. The second kappa shape index (κ2) is 6.41. The Bertz CT molecular complexity index is 584. The van der Waals surface area contributed by atoms with Gasteiger partial charge in [-0.2, -0.15) is 0 Å². The first-order valence-corrected chi connectivity index (χ1v) is 8.12. The largest absolute Gasteiger partial charge is 0.374 e. The van der Waals surface area contributed by atoms with Gasteiger partial charge in [0, 0.05) is 41.1 Å². The Labute approximate surface area is 128 Å². The molecule has 1 aromatic heterocycles. The molecule has 108 valence electrons. The van der Waals surface area contributed by atoms with Crippen LogP contribution in [0.25, 0.3) is 10.1 Å². The van der Waals surface area contributed by atoms with Crippen LogP contribution in [0.4, 0.5) is 0 Å². The van der Waals surface area contributed by atoms with Crippen molar-refractivity contribution in [3.05, 3.63) is 34.2 Å². The molecule has 0 saturated carbocycles. The van der Waals surface area contributed by atoms with Crippen LogP contribution in [0.15, 0.2) is 24.3 Å². The monoisotopic (exact) mass is 310 g/mol. The van der Waals surface area contributed by atoms with Gasteiger partial charge in [0.1, 0.15) is 0 Å². The van der Waals surface area contributed by atoms with E-state index in [1.165, 1.54) is 15.0 Å². The van der Waals surface area contributed by atoms with Crippen molar-refractivity contribution in [3.8, 4) is 0 Å². The molecule has 0 amide bonds. The van der Waals surface area contributed by atoms with E-state index in [1.54, 1.807) is 11.3 Å². The van der Waals surface area contributed by atoms with Crippen LogP contribution in [0.3, 0.4) is 0 Å². The normalized spacial score (nSPS) is 20.6. The number of hydrogen-bond donors (Lipinski definition) is 1. The highest BCUT2D eigenvalue weighted by atomic mass is 35.5. The molecule has 1 saturated heterocycles. The van der Waals surface area contributed by atoms with E-state index in [0.29, 0.717) is 0 Å². The second-order valence-corrected chi connectivity index (χ2v) is 6.64. The molecule has 1 unspecified atom stereocenters. The first-order valence-electron chi connectivity index (χ1n) is 6.92. The lowest BCUT2D eigenvalue weighted by atomic mass is 10.2. The highest BCUT2D eigenvalue weighted by Gasteiger charge is 2.21. The Morgan fingerprint density at radius 2 is 2.30 bits per heavy atom. The Hall–Kier alpha value is -0.650. The van der Waals surface area contributed by atoms with Crippen molar-refractivity contribution in [2.75, 3.05) is 33.3 Å². The van der Waals surface area contributed by atoms with Crippen molar-refractivity contribution >= 4 is 33.0 Å². The minimum atomic E-state index is 0.280. The number of morpholine rings is 1. The van der Waals surface area contributed by atoms with Crippen LogP contribution in [-0.2, 0) is 11.3 Å². The fourth-order valence-electron chi connectivity index (χ4n) is 2.64. The molecule has 20 heavy (non-hydrogen) atoms. The number of nitrogens with zero attached hydrogens (tertiary/aromatic N) is 1. The summed E-state index contributed by atoms with van der Waals surface area (Å²) in [7, 11) is 1.96. The molecule has 5 heteroatoms. The molecular weight excluding hydrogens is 292 g/mol. The van der Waals surface area contributed by atoms with E-state index in [-0.39, 0.29) is 6.10 Å². The number of halogens is 1. The number of fused-ring (bicyclic) bond motifs is 1. The lowest BCUT2D eigenvalue weighted by molar-refractivity contribution is -0.0288. The molecule has 0 spiro atoms. The minimum absolute atomic E-state index is 0.280. The van der Waals surface area contributed by atoms with Gasteiger partial charge in [-0.05, 0) is 13.1 Å². The van der Waals surface area contributed by atoms with Crippen LogP contribution < -0.4 is 5.32 Å². The summed E-state index contributed by atoms with van der Waals surface area (Å²) in [5.41, 5.74) is 0. The lowest BCUT2D eigenvalue weighted by Gasteiger charge is -2.32. The molecule has 2 aromatic rings. The predicted molar refractivity (Wildman–Crippen MR) is 85.8 cm³/mol. The van der Waals surface area contributed by atoms with Gasteiger partial charge in [-0.1, -0.05) is 29.8 Å². The van der Waals surface area contributed by atoms with E-state index in [1.807, 2.05) is 13.1 Å². The third kappa shape index (κ3) is 3.00. The predicted octanol–water partition coefficient (Wildman–Crippen LogP) is 2.97. The van der Waals surface area contributed by atoms with E-state index in [4.69, 9.17) is 16.3 Å². The topological polar surface area (TPSA) is 24.5 Å². The molecule has 0 radical (unpaired) electrons. The zero-order valence-electron chi connectivity index (χ0n) is 11.6. The van der Waals surface area contributed by atoms with Crippen LogP contribution in [0, 0.1) is 0 Å². The standard InChI is InChI=1S/C15H19ClN2OS/c1-17-8-11-9-18(6-7-19-11)10-14-15(16)12-4-2-3-5-13(12)20-14/h2-5,11,17H,6-10H2,1H3. The Morgan fingerprint density at radius 3 is 3.10 bits per heavy atom. The lowest BCUT2D eigenvalue weighted by Crippen LogP contribution is -2.45. The summed E-state index contributed by atoms with van der Waals surface area (Å²) in [6.45, 7) is 4.56. The smallest absolute Gasteiger partial charge is 0.0826 e. The third-order valence-electron chi connectivity index (χ3n) is 3.62. The maximum absolute atomic E-state index is 6.51. The Balaban J connectivity index is 1.74. The van der Waals surface area contributed by atoms with Gasteiger partial charge in [0.25, 0.3) is 0 Å². The molecule has 3 nitrogen and oxygen atoms in total. The molecule has 3 rings (SSSR count). The van der Waals surface area contributed by atoms with E-state index in [0.717, 1.165) is 37.8 Å². The minimum Gasteiger partial charge on any atom is -0.374 e. The molecular formula is C15H19ClN2OS. The van der Waals surface area contributed by atoms with Crippen molar-refractivity contribution in [3.63, 3.8) is 0 Å². The quantitative estimate of drug-likeness (QED) is 0.939. The number of rotatable bonds is 4. The number of hydrogen-bond acceptors (Lipinski definition) is 4. The van der Waals surface area contributed by atoms with Gasteiger partial charge in [-0.3, -0.25) is 4.90 Å². The molecule has 2 heterocycles. The second-order valence-electron chi connectivity index (χ2n) is 5.12. The summed E-state index contributed by atoms with van der Waals surface area (Å²) in [6, 6.07) is 8.35. The summed E-state index contributed by atoms with van der Waals surface area (Å²) >= 11 is 8.32. The molecule has 0 bridgehead atoms. The van der Waals surface area contributed by atoms with Crippen LogP contribution in [0.1, 0.15) is 4.88 Å². The summed E-state index contributed by atoms with van der Waals surface area (Å²) < 4.78 is 7.01. The number of benzene rings is 1. The highest BCUT2D eigenvalue weighted by Crippen LogP contribution is 2.36. The molecule has 1 fully saturated rings. The maximum atomic E-state index is 6.51. The van der Waals surface area contributed by atoms with Gasteiger partial charge < -0.3 is 10.1 Å². The van der Waals surface area contributed by atoms with Crippen molar-refractivity contribution in [2.45, 2.75) is 12.6 Å². The number of thiophene rings is 1. The van der Waals surface area contributed by atoms with Crippen LogP contribution >= 0.6 is 22.9 Å². The van der Waals surface area contributed by atoms with E-state index in [2.05, 4.69) is 28.4 Å². The summed E-state index contributed by atoms with van der Waals surface area (Å²) in [5.74, 6) is 0. The third-order valence-corrected chi connectivity index (χ3v) is 5.32. The van der Waals surface area contributed by atoms with Crippen molar-refractivity contribution < 1.29 is 4.74 Å². The summed E-state index contributed by atoms with van der Waals surface area (Å²) in [6.07, 6.45) is 0.280. The molecule has 1 atom stereocenters. The fourth-order valence-corrected chi connectivity index (χ4v) is 4.18. The molecule has 1 aliphatic rings. The zero-order chi connectivity index (χ0) is 13.9. The van der Waals surface area contributed by atoms with Crippen molar-refractivity contribution in [1.29, 1.82) is 0 Å². The van der Waals surface area contributed by atoms with E-state index < -0.39 is 0 Å². The van der Waals surface area contributed by atoms with Gasteiger partial charge in [0.15, 0.2) is 0 Å². The first-order chi connectivity index (χ1) is 9.78. The number of likely N-dealkylation sites (N-methyl/N-ethyl adjacent to an activating group) is 1. The molecule has 1 aromatic carbocycles. The van der Waals surface area contributed by atoms with Gasteiger partial charge in [-0.25, -0.2) is 0 Å². The number of nitrogens with one attached hydrogen (secondary N) is 1. The average Bonchev–Trinajstić information content (AvgIpc) is 2.77. The molecule has 1 aliphatic heterocycles. The van der Waals surface area contributed by atoms with Gasteiger partial charge in [-0.15, -0.1) is 11.3 Å². The van der Waals surface area contributed by atoms with Crippen molar-refractivity contribution in [2.24, 2.45) is 0 Å².